The first kappa shape index (κ1) is 15.5. The number of carbonyl (C=O) groups is 1. The van der Waals surface area contributed by atoms with Crippen LogP contribution in [0.5, 0.6) is 0 Å². The molecule has 1 aromatic heterocycles. The number of benzene rings is 1. The van der Waals surface area contributed by atoms with E-state index in [1.807, 2.05) is 0 Å². The molecule has 0 aliphatic carbocycles. The minimum atomic E-state index is -0.597. The van der Waals surface area contributed by atoms with Gasteiger partial charge in [-0.05, 0) is 31.2 Å². The van der Waals surface area contributed by atoms with Crippen LogP contribution in [0.1, 0.15) is 11.3 Å². The van der Waals surface area contributed by atoms with E-state index in [2.05, 4.69) is 10.4 Å². The maximum atomic E-state index is 13.5. The Kier molecular flexibility index (Phi) is 4.65. The molecule has 0 aliphatic heterocycles. The number of rotatable bonds is 3. The van der Waals surface area contributed by atoms with E-state index in [0.29, 0.717) is 16.4 Å². The highest BCUT2D eigenvalue weighted by molar-refractivity contribution is 6.31. The van der Waals surface area contributed by atoms with Gasteiger partial charge in [-0.1, -0.05) is 23.2 Å². The van der Waals surface area contributed by atoms with Crippen LogP contribution in [0.4, 0.5) is 10.1 Å². The quantitative estimate of drug-likeness (QED) is 0.871. The van der Waals surface area contributed by atoms with E-state index >= 15 is 0 Å². The number of amides is 1. The molecule has 110 valence electrons. The third-order valence-electron chi connectivity index (χ3n) is 2.79. The lowest BCUT2D eigenvalue weighted by Gasteiger charge is -2.03. The van der Waals surface area contributed by atoms with Crippen LogP contribution in [0.3, 0.4) is 0 Å². The Hall–Kier alpha value is -1.85. The van der Waals surface area contributed by atoms with Gasteiger partial charge in [0.05, 0.1) is 11.4 Å². The van der Waals surface area contributed by atoms with Gasteiger partial charge in [-0.15, -0.1) is 0 Å². The topological polar surface area (TPSA) is 46.9 Å². The number of hydrogen-bond donors (Lipinski definition) is 1. The summed E-state index contributed by atoms with van der Waals surface area (Å²) in [5.74, 6) is -1.07. The first-order valence-electron chi connectivity index (χ1n) is 6.01. The van der Waals surface area contributed by atoms with Crippen molar-refractivity contribution in [3.63, 3.8) is 0 Å². The van der Waals surface area contributed by atoms with Crippen LogP contribution in [0, 0.1) is 12.7 Å². The third-order valence-corrected chi connectivity index (χ3v) is 3.47. The molecule has 0 aliphatic rings. The van der Waals surface area contributed by atoms with Crippen molar-refractivity contribution in [2.45, 2.75) is 6.92 Å². The lowest BCUT2D eigenvalue weighted by atomic mass is 10.2. The predicted octanol–water partition coefficient (Wildman–Crippen LogP) is 3.83. The van der Waals surface area contributed by atoms with Crippen LogP contribution < -0.4 is 5.32 Å². The molecule has 4 nitrogen and oxygen atoms in total. The van der Waals surface area contributed by atoms with E-state index in [-0.39, 0.29) is 10.7 Å². The van der Waals surface area contributed by atoms with E-state index in [1.54, 1.807) is 14.0 Å². The fourth-order valence-electron chi connectivity index (χ4n) is 1.76. The van der Waals surface area contributed by atoms with Gasteiger partial charge in [-0.2, -0.15) is 5.10 Å². The van der Waals surface area contributed by atoms with Crippen LogP contribution in [0.25, 0.3) is 6.08 Å². The van der Waals surface area contributed by atoms with Crippen LogP contribution in [0.2, 0.25) is 10.2 Å². The van der Waals surface area contributed by atoms with Crippen LogP contribution in [-0.4, -0.2) is 15.7 Å². The van der Waals surface area contributed by atoms with Gasteiger partial charge in [0.25, 0.3) is 0 Å². The summed E-state index contributed by atoms with van der Waals surface area (Å²) in [6.07, 6.45) is 2.80. The van der Waals surface area contributed by atoms with Crippen molar-refractivity contribution in [1.82, 2.24) is 9.78 Å². The number of anilines is 1. The van der Waals surface area contributed by atoms with E-state index in [4.69, 9.17) is 23.2 Å². The minimum absolute atomic E-state index is 0.0584. The number of aromatic nitrogens is 2. The Labute approximate surface area is 131 Å². The first-order valence-corrected chi connectivity index (χ1v) is 6.77. The molecule has 1 N–H and O–H groups in total. The summed E-state index contributed by atoms with van der Waals surface area (Å²) in [6, 6.07) is 4.01. The van der Waals surface area contributed by atoms with Gasteiger partial charge in [0.15, 0.2) is 0 Å². The summed E-state index contributed by atoms with van der Waals surface area (Å²) >= 11 is 11.7. The summed E-state index contributed by atoms with van der Waals surface area (Å²) in [4.78, 5) is 11.8. The maximum absolute atomic E-state index is 13.5. The second-order valence-corrected chi connectivity index (χ2v) is 5.15. The lowest BCUT2D eigenvalue weighted by Crippen LogP contribution is -2.09. The molecule has 0 radical (unpaired) electrons. The molecule has 1 aromatic carbocycles. The van der Waals surface area contributed by atoms with Crippen molar-refractivity contribution in [2.24, 2.45) is 7.05 Å². The van der Waals surface area contributed by atoms with Crippen LogP contribution in [0.15, 0.2) is 24.3 Å². The van der Waals surface area contributed by atoms with E-state index in [9.17, 15) is 9.18 Å². The van der Waals surface area contributed by atoms with Crippen molar-refractivity contribution in [3.05, 3.63) is 51.5 Å². The summed E-state index contributed by atoms with van der Waals surface area (Å²) in [5.41, 5.74) is 1.40. The van der Waals surface area contributed by atoms with Gasteiger partial charge in [0.2, 0.25) is 5.91 Å². The van der Waals surface area contributed by atoms with Crippen LogP contribution in [-0.2, 0) is 11.8 Å². The minimum Gasteiger partial charge on any atom is -0.320 e. The molecule has 21 heavy (non-hydrogen) atoms. The molecule has 0 fully saturated rings. The molecule has 0 saturated carbocycles. The van der Waals surface area contributed by atoms with Gasteiger partial charge in [-0.3, -0.25) is 9.48 Å². The number of aryl methyl sites for hydroxylation is 2. The number of halogens is 3. The van der Waals surface area contributed by atoms with Gasteiger partial charge < -0.3 is 5.32 Å². The smallest absolute Gasteiger partial charge is 0.248 e. The van der Waals surface area contributed by atoms with Gasteiger partial charge in [0.1, 0.15) is 11.0 Å². The highest BCUT2D eigenvalue weighted by Crippen LogP contribution is 2.21. The Balaban J connectivity index is 2.13. The van der Waals surface area contributed by atoms with Gasteiger partial charge in [0, 0.05) is 23.7 Å². The average Bonchev–Trinajstić information content (AvgIpc) is 2.65. The van der Waals surface area contributed by atoms with Crippen molar-refractivity contribution in [3.8, 4) is 0 Å². The molecule has 2 aromatic rings. The second-order valence-electron chi connectivity index (χ2n) is 4.36. The highest BCUT2D eigenvalue weighted by Gasteiger charge is 2.09. The second kappa shape index (κ2) is 6.28. The van der Waals surface area contributed by atoms with Gasteiger partial charge in [-0.25, -0.2) is 4.39 Å². The summed E-state index contributed by atoms with van der Waals surface area (Å²) in [5, 5.41) is 7.24. The van der Waals surface area contributed by atoms with Gasteiger partial charge >= 0.3 is 0 Å². The molecular weight excluding hydrogens is 316 g/mol. The summed E-state index contributed by atoms with van der Waals surface area (Å²) in [7, 11) is 1.70. The third kappa shape index (κ3) is 3.62. The molecule has 0 bridgehead atoms. The number of hydrogen-bond acceptors (Lipinski definition) is 2. The molecule has 0 spiro atoms. The normalized spacial score (nSPS) is 11.1. The lowest BCUT2D eigenvalue weighted by molar-refractivity contribution is -0.111. The molecule has 1 amide bonds. The highest BCUT2D eigenvalue weighted by atomic mass is 35.5. The average molecular weight is 328 g/mol. The molecule has 0 saturated heterocycles. The number of nitrogens with one attached hydrogen (secondary N) is 1. The Morgan fingerprint density at radius 1 is 1.43 bits per heavy atom. The number of nitrogens with zero attached hydrogens (tertiary/aromatic N) is 2. The Morgan fingerprint density at radius 3 is 2.71 bits per heavy atom. The van der Waals surface area contributed by atoms with E-state index in [1.165, 1.54) is 29.0 Å². The van der Waals surface area contributed by atoms with Crippen molar-refractivity contribution < 1.29 is 9.18 Å². The van der Waals surface area contributed by atoms with E-state index < -0.39 is 11.7 Å². The van der Waals surface area contributed by atoms with Crippen molar-refractivity contribution in [1.29, 1.82) is 0 Å². The molecule has 0 atom stereocenters. The zero-order valence-corrected chi connectivity index (χ0v) is 12.8. The van der Waals surface area contributed by atoms with Crippen molar-refractivity contribution in [2.75, 3.05) is 5.32 Å². The fourth-order valence-corrected chi connectivity index (χ4v) is 2.16. The molecule has 2 rings (SSSR count). The van der Waals surface area contributed by atoms with E-state index in [0.717, 1.165) is 6.07 Å². The largest absolute Gasteiger partial charge is 0.320 e. The fraction of sp³-hybridized carbons (Fsp3) is 0.143. The molecule has 7 heteroatoms. The SMILES string of the molecule is Cc1nn(C)c(Cl)c1/C=C/C(=O)Nc1ccc(Cl)cc1F. The predicted molar refractivity (Wildman–Crippen MR) is 82.0 cm³/mol. The molecular formula is C14H12Cl2FN3O. The first-order chi connectivity index (χ1) is 9.88. The standard InChI is InChI=1S/C14H12Cl2FN3O/c1-8-10(14(16)20(2)19-8)4-6-13(21)18-12-5-3-9(15)7-11(12)17/h3-7H,1-2H3,(H,18,21)/b6-4+. The maximum Gasteiger partial charge on any atom is 0.248 e. The Morgan fingerprint density at radius 2 is 2.14 bits per heavy atom. The Bertz CT molecular complexity index is 725. The summed E-state index contributed by atoms with van der Waals surface area (Å²) in [6.45, 7) is 1.78. The number of carbonyl (C=O) groups excluding carboxylic acids is 1. The molecule has 0 unspecified atom stereocenters. The van der Waals surface area contributed by atoms with Crippen molar-refractivity contribution >= 4 is 40.9 Å². The zero-order valence-electron chi connectivity index (χ0n) is 11.3. The zero-order chi connectivity index (χ0) is 15.6. The van der Waals surface area contributed by atoms with Crippen LogP contribution >= 0.6 is 23.2 Å². The molecule has 1 heterocycles. The monoisotopic (exact) mass is 327 g/mol. The summed E-state index contributed by atoms with van der Waals surface area (Å²) < 4.78 is 15.1.